The van der Waals surface area contributed by atoms with E-state index in [4.69, 9.17) is 0 Å². The van der Waals surface area contributed by atoms with Crippen molar-refractivity contribution in [3.05, 3.63) is 70.2 Å². The zero-order chi connectivity index (χ0) is 14.5. The molecular weight excluding hydrogens is 328 g/mol. The molecule has 0 heterocycles. The van der Waals surface area contributed by atoms with Crippen LogP contribution in [0.15, 0.2) is 53.0 Å². The third kappa shape index (κ3) is 3.74. The van der Waals surface area contributed by atoms with Gasteiger partial charge in [0.15, 0.2) is 0 Å². The van der Waals surface area contributed by atoms with Gasteiger partial charge in [0.25, 0.3) is 0 Å². The van der Waals surface area contributed by atoms with Crippen LogP contribution in [0.3, 0.4) is 0 Å². The Morgan fingerprint density at radius 1 is 1.15 bits per heavy atom. The average molecular weight is 338 g/mol. The Balaban J connectivity index is 2.08. The summed E-state index contributed by atoms with van der Waals surface area (Å²) in [5.41, 5.74) is 0.760. The number of nitrogens with one attached hydrogen (secondary N) is 1. The molecule has 2 nitrogen and oxygen atoms in total. The third-order valence-corrected chi connectivity index (χ3v) is 3.23. The Labute approximate surface area is 123 Å². The highest BCUT2D eigenvalue weighted by Gasteiger charge is 2.05. The third-order valence-electron chi connectivity index (χ3n) is 2.51. The first-order valence-corrected chi connectivity index (χ1v) is 6.54. The quantitative estimate of drug-likeness (QED) is 0.827. The van der Waals surface area contributed by atoms with Gasteiger partial charge in [0.05, 0.1) is 5.69 Å². The summed E-state index contributed by atoms with van der Waals surface area (Å²) >= 11 is 3.35. The van der Waals surface area contributed by atoms with Crippen LogP contribution >= 0.6 is 15.9 Å². The Bertz CT molecular complexity index is 671. The number of hydrogen-bond donors (Lipinski definition) is 1. The van der Waals surface area contributed by atoms with Gasteiger partial charge in [0, 0.05) is 16.6 Å². The molecule has 0 aliphatic carbocycles. The van der Waals surface area contributed by atoms with Crippen molar-refractivity contribution in [3.8, 4) is 0 Å². The van der Waals surface area contributed by atoms with Crippen molar-refractivity contribution in [2.24, 2.45) is 0 Å². The van der Waals surface area contributed by atoms with Gasteiger partial charge in [-0.3, -0.25) is 4.79 Å². The lowest BCUT2D eigenvalue weighted by atomic mass is 10.2. The number of carbonyl (C=O) groups excluding carboxylic acids is 1. The molecular formula is C15H10BrF2NO. The zero-order valence-electron chi connectivity index (χ0n) is 10.2. The molecule has 0 bridgehead atoms. The maximum Gasteiger partial charge on any atom is 0.248 e. The zero-order valence-corrected chi connectivity index (χ0v) is 11.8. The van der Waals surface area contributed by atoms with E-state index in [1.165, 1.54) is 12.1 Å². The van der Waals surface area contributed by atoms with Crippen LogP contribution in [0.4, 0.5) is 14.5 Å². The number of hydrogen-bond acceptors (Lipinski definition) is 1. The highest BCUT2D eigenvalue weighted by molar-refractivity contribution is 9.10. The van der Waals surface area contributed by atoms with E-state index in [0.717, 1.165) is 16.1 Å². The standard InChI is InChI=1S/C15H10BrF2NO/c16-12-4-2-1-3-10(12)5-8-15(20)19-14-7-6-11(17)9-13(14)18/h1-9H,(H,19,20)/b8-5+. The van der Waals surface area contributed by atoms with Crippen molar-refractivity contribution < 1.29 is 13.6 Å². The van der Waals surface area contributed by atoms with Crippen molar-refractivity contribution in [1.82, 2.24) is 0 Å². The van der Waals surface area contributed by atoms with E-state index in [1.807, 2.05) is 24.3 Å². The minimum Gasteiger partial charge on any atom is -0.320 e. The minimum absolute atomic E-state index is 0.0619. The van der Waals surface area contributed by atoms with Gasteiger partial charge in [-0.2, -0.15) is 0 Å². The summed E-state index contributed by atoms with van der Waals surface area (Å²) < 4.78 is 26.9. The first-order chi connectivity index (χ1) is 9.56. The van der Waals surface area contributed by atoms with Crippen LogP contribution in [-0.2, 0) is 4.79 Å². The maximum atomic E-state index is 13.4. The number of anilines is 1. The smallest absolute Gasteiger partial charge is 0.248 e. The maximum absolute atomic E-state index is 13.4. The Kier molecular flexibility index (Phi) is 4.63. The molecule has 0 unspecified atom stereocenters. The molecule has 0 atom stereocenters. The number of carbonyl (C=O) groups is 1. The van der Waals surface area contributed by atoms with Gasteiger partial charge >= 0.3 is 0 Å². The molecule has 0 saturated carbocycles. The largest absolute Gasteiger partial charge is 0.320 e. The molecule has 2 rings (SSSR count). The number of halogens is 3. The normalized spacial score (nSPS) is 10.8. The molecule has 2 aromatic carbocycles. The molecule has 1 amide bonds. The van der Waals surface area contributed by atoms with Crippen molar-refractivity contribution >= 4 is 33.6 Å². The Hall–Kier alpha value is -2.01. The Morgan fingerprint density at radius 2 is 1.90 bits per heavy atom. The fourth-order valence-corrected chi connectivity index (χ4v) is 1.96. The molecule has 102 valence electrons. The molecule has 1 N–H and O–H groups in total. The molecule has 0 aliphatic rings. The molecule has 0 aromatic heterocycles. The van der Waals surface area contributed by atoms with Crippen molar-refractivity contribution in [2.75, 3.05) is 5.32 Å². The van der Waals surface area contributed by atoms with Crippen LogP contribution < -0.4 is 5.32 Å². The number of rotatable bonds is 3. The second kappa shape index (κ2) is 6.43. The fraction of sp³-hybridized carbons (Fsp3) is 0. The van der Waals surface area contributed by atoms with Gasteiger partial charge in [-0.25, -0.2) is 8.78 Å². The SMILES string of the molecule is O=C(/C=C/c1ccccc1Br)Nc1ccc(F)cc1F. The van der Waals surface area contributed by atoms with E-state index in [9.17, 15) is 13.6 Å². The summed E-state index contributed by atoms with van der Waals surface area (Å²) in [6.07, 6.45) is 2.88. The van der Waals surface area contributed by atoms with E-state index < -0.39 is 17.5 Å². The van der Waals surface area contributed by atoms with Crippen molar-refractivity contribution in [2.45, 2.75) is 0 Å². The molecule has 0 fully saturated rings. The lowest BCUT2D eigenvalue weighted by Crippen LogP contribution is -2.09. The second-order valence-electron chi connectivity index (χ2n) is 3.97. The summed E-state index contributed by atoms with van der Waals surface area (Å²) in [6, 6.07) is 10.3. The van der Waals surface area contributed by atoms with Gasteiger partial charge in [0.1, 0.15) is 11.6 Å². The van der Waals surface area contributed by atoms with Crippen LogP contribution in [0, 0.1) is 11.6 Å². The van der Waals surface area contributed by atoms with E-state index in [-0.39, 0.29) is 5.69 Å². The van der Waals surface area contributed by atoms with Gasteiger partial charge in [-0.05, 0) is 29.8 Å². The second-order valence-corrected chi connectivity index (χ2v) is 4.82. The predicted molar refractivity (Wildman–Crippen MR) is 78.2 cm³/mol. The Morgan fingerprint density at radius 3 is 2.60 bits per heavy atom. The first kappa shape index (κ1) is 14.4. The molecule has 0 saturated heterocycles. The lowest BCUT2D eigenvalue weighted by Gasteiger charge is -2.03. The summed E-state index contributed by atoms with van der Waals surface area (Å²) in [4.78, 5) is 11.7. The minimum atomic E-state index is -0.812. The van der Waals surface area contributed by atoms with Crippen LogP contribution in [0.2, 0.25) is 0 Å². The molecule has 5 heteroatoms. The van der Waals surface area contributed by atoms with Crippen LogP contribution in [-0.4, -0.2) is 5.91 Å². The number of benzene rings is 2. The van der Waals surface area contributed by atoms with Gasteiger partial charge in [-0.1, -0.05) is 34.1 Å². The summed E-state index contributed by atoms with van der Waals surface area (Å²) in [5, 5.41) is 2.34. The fourth-order valence-electron chi connectivity index (χ4n) is 1.54. The molecule has 0 aliphatic heterocycles. The van der Waals surface area contributed by atoms with E-state index in [0.29, 0.717) is 6.07 Å². The molecule has 0 spiro atoms. The van der Waals surface area contributed by atoms with Crippen LogP contribution in [0.5, 0.6) is 0 Å². The summed E-state index contributed by atoms with van der Waals surface area (Å²) in [5.74, 6) is -2.00. The summed E-state index contributed by atoms with van der Waals surface area (Å²) in [6.45, 7) is 0. The molecule has 2 aromatic rings. The van der Waals surface area contributed by atoms with Crippen molar-refractivity contribution in [3.63, 3.8) is 0 Å². The number of amides is 1. The monoisotopic (exact) mass is 337 g/mol. The lowest BCUT2D eigenvalue weighted by molar-refractivity contribution is -0.111. The van der Waals surface area contributed by atoms with E-state index >= 15 is 0 Å². The molecule has 20 heavy (non-hydrogen) atoms. The van der Waals surface area contributed by atoms with Crippen LogP contribution in [0.25, 0.3) is 6.08 Å². The van der Waals surface area contributed by atoms with Gasteiger partial charge < -0.3 is 5.32 Å². The van der Waals surface area contributed by atoms with Gasteiger partial charge in [0.2, 0.25) is 5.91 Å². The highest BCUT2D eigenvalue weighted by atomic mass is 79.9. The average Bonchev–Trinajstić information content (AvgIpc) is 2.41. The van der Waals surface area contributed by atoms with E-state index in [1.54, 1.807) is 6.08 Å². The summed E-state index contributed by atoms with van der Waals surface area (Å²) in [7, 11) is 0. The van der Waals surface area contributed by atoms with Gasteiger partial charge in [-0.15, -0.1) is 0 Å². The molecule has 0 radical (unpaired) electrons. The predicted octanol–water partition coefficient (Wildman–Crippen LogP) is 4.38. The van der Waals surface area contributed by atoms with Crippen molar-refractivity contribution in [1.29, 1.82) is 0 Å². The highest BCUT2D eigenvalue weighted by Crippen LogP contribution is 2.18. The topological polar surface area (TPSA) is 29.1 Å². The van der Waals surface area contributed by atoms with Crippen LogP contribution in [0.1, 0.15) is 5.56 Å². The van der Waals surface area contributed by atoms with E-state index in [2.05, 4.69) is 21.2 Å². The first-order valence-electron chi connectivity index (χ1n) is 5.75.